The molecule has 32 heavy (non-hydrogen) atoms. The monoisotopic (exact) mass is 515 g/mol. The smallest absolute Gasteiger partial charge is 0.294 e. The van der Waals surface area contributed by atoms with E-state index in [1.165, 1.54) is 25.3 Å². The molecular weight excluding hydrogens is 505 g/mol. The van der Waals surface area contributed by atoms with E-state index in [1.807, 2.05) is 0 Å². The minimum atomic E-state index is -0.739. The Kier molecular flexibility index (Phi) is 7.29. The van der Waals surface area contributed by atoms with Gasteiger partial charge in [-0.15, -0.1) is 0 Å². The zero-order valence-corrected chi connectivity index (χ0v) is 19.1. The Bertz CT molecular complexity index is 1190. The fourth-order valence-corrected chi connectivity index (χ4v) is 4.26. The normalized spacial score (nSPS) is 14.8. The molecule has 2 aromatic rings. The van der Waals surface area contributed by atoms with Crippen LogP contribution in [0.1, 0.15) is 5.56 Å². The summed E-state index contributed by atoms with van der Waals surface area (Å²) in [5.41, 5.74) is 0.0771. The van der Waals surface area contributed by atoms with Gasteiger partial charge < -0.3 is 10.1 Å². The summed E-state index contributed by atoms with van der Waals surface area (Å²) in [6.45, 7) is -0.542. The number of imide groups is 1. The summed E-state index contributed by atoms with van der Waals surface area (Å²) in [7, 11) is 1.45. The van der Waals surface area contributed by atoms with Gasteiger partial charge in [0, 0.05) is 22.3 Å². The molecular formula is C19H12Cl3N3O6S. The molecule has 0 atom stereocenters. The second kappa shape index (κ2) is 9.78. The Hall–Kier alpha value is -2.79. The number of nitrogens with one attached hydrogen (secondary N) is 1. The SMILES string of the molecule is COc1ccc(NC(=O)CN2C(=O)S/C(=C\c3cc([N+](=O)[O-])c(Cl)cc3Cl)C2=O)cc1Cl. The lowest BCUT2D eigenvalue weighted by molar-refractivity contribution is -0.384. The van der Waals surface area contributed by atoms with Crippen molar-refractivity contribution >= 4 is 81.1 Å². The number of halogens is 3. The standard InChI is InChI=1S/C19H12Cl3N3O6S/c1-31-15-3-2-10(6-13(15)22)23-17(26)8-24-18(27)16(32-19(24)28)5-9-4-14(25(29)30)12(21)7-11(9)20/h2-7H,8H2,1H3,(H,23,26)/b16-5-. The molecule has 1 fully saturated rings. The molecule has 1 N–H and O–H groups in total. The maximum atomic E-state index is 12.6. The highest BCUT2D eigenvalue weighted by Crippen LogP contribution is 2.36. The van der Waals surface area contributed by atoms with Crippen molar-refractivity contribution in [3.05, 3.63) is 66.0 Å². The van der Waals surface area contributed by atoms with E-state index in [-0.39, 0.29) is 25.5 Å². The lowest BCUT2D eigenvalue weighted by atomic mass is 10.2. The average molecular weight is 517 g/mol. The molecule has 1 aliphatic heterocycles. The van der Waals surface area contributed by atoms with Crippen LogP contribution in [-0.2, 0) is 9.59 Å². The molecule has 0 saturated carbocycles. The highest BCUT2D eigenvalue weighted by Gasteiger charge is 2.36. The number of amides is 3. The van der Waals surface area contributed by atoms with Gasteiger partial charge in [-0.2, -0.15) is 0 Å². The quantitative estimate of drug-likeness (QED) is 0.317. The molecule has 3 amide bonds. The van der Waals surface area contributed by atoms with Gasteiger partial charge >= 0.3 is 0 Å². The van der Waals surface area contributed by atoms with Crippen molar-refractivity contribution < 1.29 is 24.0 Å². The second-order valence-corrected chi connectivity index (χ2v) is 8.46. The Morgan fingerprint density at radius 1 is 1.19 bits per heavy atom. The minimum absolute atomic E-state index is 0.0474. The molecule has 166 valence electrons. The topological polar surface area (TPSA) is 119 Å². The van der Waals surface area contributed by atoms with Crippen LogP contribution in [0, 0.1) is 10.1 Å². The number of benzene rings is 2. The Labute approximate surface area is 200 Å². The molecule has 0 unspecified atom stereocenters. The van der Waals surface area contributed by atoms with Crippen LogP contribution in [0.3, 0.4) is 0 Å². The second-order valence-electron chi connectivity index (χ2n) is 6.25. The van der Waals surface area contributed by atoms with E-state index < -0.39 is 34.2 Å². The number of thioether (sulfide) groups is 1. The number of nitro benzene ring substituents is 1. The zero-order valence-electron chi connectivity index (χ0n) is 16.1. The van der Waals surface area contributed by atoms with E-state index in [0.29, 0.717) is 23.2 Å². The van der Waals surface area contributed by atoms with Gasteiger partial charge in [0.25, 0.3) is 16.8 Å². The van der Waals surface area contributed by atoms with Gasteiger partial charge in [-0.3, -0.25) is 29.4 Å². The molecule has 0 spiro atoms. The van der Waals surface area contributed by atoms with Gasteiger partial charge in [0.2, 0.25) is 5.91 Å². The molecule has 0 aromatic heterocycles. The van der Waals surface area contributed by atoms with Crippen LogP contribution in [0.2, 0.25) is 15.1 Å². The first-order valence-corrected chi connectivity index (χ1v) is 10.6. The average Bonchev–Trinajstić information content (AvgIpc) is 2.97. The number of carbonyl (C=O) groups excluding carboxylic acids is 3. The van der Waals surface area contributed by atoms with Crippen molar-refractivity contribution in [2.24, 2.45) is 0 Å². The van der Waals surface area contributed by atoms with Crippen LogP contribution in [0.5, 0.6) is 5.75 Å². The number of methoxy groups -OCH3 is 1. The Morgan fingerprint density at radius 2 is 1.91 bits per heavy atom. The summed E-state index contributed by atoms with van der Waals surface area (Å²) in [6.07, 6.45) is 1.23. The molecule has 1 saturated heterocycles. The first kappa shape index (κ1) is 23.9. The number of nitrogens with zero attached hydrogens (tertiary/aromatic N) is 2. The Morgan fingerprint density at radius 3 is 2.53 bits per heavy atom. The van der Waals surface area contributed by atoms with Crippen molar-refractivity contribution in [3.8, 4) is 5.75 Å². The van der Waals surface area contributed by atoms with Crippen molar-refractivity contribution in [1.82, 2.24) is 4.90 Å². The highest BCUT2D eigenvalue weighted by atomic mass is 35.5. The lowest BCUT2D eigenvalue weighted by Gasteiger charge is -2.13. The van der Waals surface area contributed by atoms with E-state index in [1.54, 1.807) is 12.1 Å². The molecule has 9 nitrogen and oxygen atoms in total. The van der Waals surface area contributed by atoms with Crippen LogP contribution >= 0.6 is 46.6 Å². The summed E-state index contributed by atoms with van der Waals surface area (Å²) in [4.78, 5) is 48.3. The maximum Gasteiger partial charge on any atom is 0.294 e. The van der Waals surface area contributed by atoms with E-state index in [0.717, 1.165) is 11.0 Å². The van der Waals surface area contributed by atoms with Gasteiger partial charge in [0.05, 0.1) is 22.0 Å². The van der Waals surface area contributed by atoms with E-state index in [2.05, 4.69) is 5.32 Å². The van der Waals surface area contributed by atoms with Crippen molar-refractivity contribution in [2.45, 2.75) is 0 Å². The summed E-state index contributed by atoms with van der Waals surface area (Å²) < 4.78 is 5.03. The van der Waals surface area contributed by atoms with Crippen LogP contribution in [0.15, 0.2) is 35.2 Å². The fourth-order valence-electron chi connectivity index (χ4n) is 2.67. The fraction of sp³-hybridized carbons (Fsp3) is 0.105. The first-order valence-electron chi connectivity index (χ1n) is 8.63. The van der Waals surface area contributed by atoms with Crippen molar-refractivity contribution in [3.63, 3.8) is 0 Å². The van der Waals surface area contributed by atoms with Gasteiger partial charge in [-0.1, -0.05) is 34.8 Å². The number of hydrogen-bond acceptors (Lipinski definition) is 7. The zero-order chi connectivity index (χ0) is 23.6. The molecule has 0 radical (unpaired) electrons. The van der Waals surface area contributed by atoms with E-state index in [9.17, 15) is 24.5 Å². The molecule has 0 bridgehead atoms. The molecule has 1 heterocycles. The molecule has 2 aromatic carbocycles. The van der Waals surface area contributed by atoms with Gasteiger partial charge in [-0.25, -0.2) is 0 Å². The third-order valence-electron chi connectivity index (χ3n) is 4.16. The van der Waals surface area contributed by atoms with E-state index in [4.69, 9.17) is 39.5 Å². The summed E-state index contributed by atoms with van der Waals surface area (Å²) in [5, 5.41) is 13.1. The van der Waals surface area contributed by atoms with Crippen LogP contribution in [0.4, 0.5) is 16.2 Å². The maximum absolute atomic E-state index is 12.6. The predicted octanol–water partition coefficient (Wildman–Crippen LogP) is 5.24. The number of carbonyl (C=O) groups is 3. The van der Waals surface area contributed by atoms with Gasteiger partial charge in [-0.05, 0) is 42.1 Å². The van der Waals surface area contributed by atoms with Gasteiger partial charge in [0.1, 0.15) is 17.3 Å². The van der Waals surface area contributed by atoms with Crippen molar-refractivity contribution in [1.29, 1.82) is 0 Å². The molecule has 0 aliphatic carbocycles. The number of anilines is 1. The number of ether oxygens (including phenoxy) is 1. The van der Waals surface area contributed by atoms with Crippen LogP contribution in [0.25, 0.3) is 6.08 Å². The molecule has 13 heteroatoms. The minimum Gasteiger partial charge on any atom is -0.495 e. The first-order chi connectivity index (χ1) is 15.1. The molecule has 3 rings (SSSR count). The van der Waals surface area contributed by atoms with E-state index >= 15 is 0 Å². The lowest BCUT2D eigenvalue weighted by Crippen LogP contribution is -2.36. The van der Waals surface area contributed by atoms with Crippen LogP contribution in [-0.4, -0.2) is 40.5 Å². The third-order valence-corrected chi connectivity index (χ3v) is 5.99. The largest absolute Gasteiger partial charge is 0.495 e. The van der Waals surface area contributed by atoms with Crippen LogP contribution < -0.4 is 10.1 Å². The van der Waals surface area contributed by atoms with Gasteiger partial charge in [0.15, 0.2) is 0 Å². The molecule has 1 aliphatic rings. The predicted molar refractivity (Wildman–Crippen MR) is 122 cm³/mol. The number of hydrogen-bond donors (Lipinski definition) is 1. The number of nitro groups is 1. The summed E-state index contributed by atoms with van der Waals surface area (Å²) >= 11 is 18.4. The highest BCUT2D eigenvalue weighted by molar-refractivity contribution is 8.18. The summed E-state index contributed by atoms with van der Waals surface area (Å²) in [6, 6.07) is 6.83. The van der Waals surface area contributed by atoms with Crippen molar-refractivity contribution in [2.75, 3.05) is 19.0 Å². The Balaban J connectivity index is 1.76. The third kappa shape index (κ3) is 5.16. The number of rotatable bonds is 6. The summed E-state index contributed by atoms with van der Waals surface area (Å²) in [5.74, 6) is -0.951.